The molecule has 0 bridgehead atoms. The Bertz CT molecular complexity index is 147. The second-order valence-electron chi connectivity index (χ2n) is 1.56. The van der Waals surface area contributed by atoms with Gasteiger partial charge in [0.2, 0.25) is 0 Å². The third kappa shape index (κ3) is 8.43. The Kier molecular flexibility index (Phi) is 9.68. The van der Waals surface area contributed by atoms with Gasteiger partial charge >= 0.3 is 8.25 Å². The van der Waals surface area contributed by atoms with E-state index in [0.717, 1.165) is 24.1 Å². The highest BCUT2D eigenvalue weighted by molar-refractivity contribution is 8.00. The Hall–Kier alpha value is 0.330. The van der Waals surface area contributed by atoms with Gasteiger partial charge in [-0.15, -0.1) is 13.2 Å². The van der Waals surface area contributed by atoms with E-state index in [1.54, 1.807) is 12.2 Å². The summed E-state index contributed by atoms with van der Waals surface area (Å²) in [5.41, 5.74) is 0. The van der Waals surface area contributed by atoms with Crippen molar-refractivity contribution in [1.29, 1.82) is 0 Å². The Balaban J connectivity index is 3.21. The van der Waals surface area contributed by atoms with Crippen molar-refractivity contribution in [1.82, 2.24) is 0 Å². The van der Waals surface area contributed by atoms with E-state index in [1.807, 2.05) is 0 Å². The van der Waals surface area contributed by atoms with Crippen LogP contribution in [0.2, 0.25) is 0 Å². The van der Waals surface area contributed by atoms with E-state index in [9.17, 15) is 4.57 Å². The minimum atomic E-state index is -2.35. The number of hydrogen-bond donors (Lipinski definition) is 0. The van der Waals surface area contributed by atoms with Crippen molar-refractivity contribution in [2.75, 3.05) is 11.5 Å². The molecule has 0 aliphatic carbocycles. The molecule has 0 N–H and O–H groups in total. The second-order valence-corrected chi connectivity index (χ2v) is 4.53. The summed E-state index contributed by atoms with van der Waals surface area (Å²) in [4.78, 5) is 0. The molecule has 0 unspecified atom stereocenters. The minimum absolute atomic E-state index is 0.603. The van der Waals surface area contributed by atoms with Crippen LogP contribution in [0.25, 0.3) is 0 Å². The highest BCUT2D eigenvalue weighted by Crippen LogP contribution is 2.34. The molecule has 0 radical (unpaired) electrons. The smallest absolute Gasteiger partial charge is 0.261 e. The molecule has 0 aromatic heterocycles. The van der Waals surface area contributed by atoms with Crippen molar-refractivity contribution in [3.8, 4) is 0 Å². The molecular formula is C6H11O3PS2. The average molecular weight is 226 g/mol. The van der Waals surface area contributed by atoms with Crippen LogP contribution in [-0.4, -0.2) is 11.5 Å². The maximum absolute atomic E-state index is 10.8. The van der Waals surface area contributed by atoms with Crippen LogP contribution in [0.1, 0.15) is 0 Å². The average Bonchev–Trinajstić information content (AvgIpc) is 2.06. The molecule has 70 valence electrons. The SMILES string of the molecule is C=CCSO[PH](=O)OSCC=C. The summed E-state index contributed by atoms with van der Waals surface area (Å²) in [6, 6.07) is 0. The Labute approximate surface area is 82.0 Å². The van der Waals surface area contributed by atoms with Gasteiger partial charge in [-0.3, -0.25) is 4.57 Å². The van der Waals surface area contributed by atoms with E-state index in [-0.39, 0.29) is 0 Å². The molecule has 3 nitrogen and oxygen atoms in total. The first-order valence-corrected chi connectivity index (χ1v) is 6.20. The molecule has 0 atom stereocenters. The highest BCUT2D eigenvalue weighted by Gasteiger charge is 1.98. The fraction of sp³-hybridized carbons (Fsp3) is 0.333. The predicted molar refractivity (Wildman–Crippen MR) is 56.5 cm³/mol. The van der Waals surface area contributed by atoms with Crippen LogP contribution in [0.4, 0.5) is 0 Å². The first kappa shape index (κ1) is 12.3. The second kappa shape index (κ2) is 9.42. The van der Waals surface area contributed by atoms with Crippen molar-refractivity contribution in [2.45, 2.75) is 0 Å². The van der Waals surface area contributed by atoms with E-state index in [1.165, 1.54) is 0 Å². The lowest BCUT2D eigenvalue weighted by Gasteiger charge is -1.99. The van der Waals surface area contributed by atoms with Gasteiger partial charge in [0.05, 0.1) is 0 Å². The Morgan fingerprint density at radius 3 is 1.92 bits per heavy atom. The quantitative estimate of drug-likeness (QED) is 0.275. The van der Waals surface area contributed by atoms with Crippen LogP contribution >= 0.6 is 32.3 Å². The largest absolute Gasteiger partial charge is 0.341 e. The molecular weight excluding hydrogens is 215 g/mol. The molecule has 0 aliphatic rings. The van der Waals surface area contributed by atoms with Crippen molar-refractivity contribution in [3.63, 3.8) is 0 Å². The molecule has 0 heterocycles. The van der Waals surface area contributed by atoms with Gasteiger partial charge < -0.3 is 0 Å². The summed E-state index contributed by atoms with van der Waals surface area (Å²) in [5.74, 6) is 1.21. The monoisotopic (exact) mass is 226 g/mol. The minimum Gasteiger partial charge on any atom is -0.261 e. The predicted octanol–water partition coefficient (Wildman–Crippen LogP) is 3.08. The molecule has 0 rings (SSSR count). The first-order chi connectivity index (χ1) is 5.81. The van der Waals surface area contributed by atoms with E-state index in [0.29, 0.717) is 11.5 Å². The van der Waals surface area contributed by atoms with Gasteiger partial charge in [0.15, 0.2) is 0 Å². The maximum atomic E-state index is 10.8. The van der Waals surface area contributed by atoms with E-state index < -0.39 is 8.25 Å². The normalized spacial score (nSPS) is 10.1. The third-order valence-electron chi connectivity index (χ3n) is 0.626. The summed E-state index contributed by atoms with van der Waals surface area (Å²) in [7, 11) is -2.35. The topological polar surface area (TPSA) is 35.5 Å². The third-order valence-corrected chi connectivity index (χ3v) is 3.40. The van der Waals surface area contributed by atoms with Crippen LogP contribution in [0.5, 0.6) is 0 Å². The first-order valence-electron chi connectivity index (χ1n) is 3.16. The summed E-state index contributed by atoms with van der Waals surface area (Å²) < 4.78 is 20.3. The van der Waals surface area contributed by atoms with Crippen molar-refractivity contribution in [2.24, 2.45) is 0 Å². The summed E-state index contributed by atoms with van der Waals surface area (Å²) in [6.45, 7) is 6.96. The molecule has 0 saturated carbocycles. The number of hydrogen-bond acceptors (Lipinski definition) is 5. The zero-order chi connectivity index (χ0) is 9.23. The fourth-order valence-electron chi connectivity index (χ4n) is 0.274. The van der Waals surface area contributed by atoms with Gasteiger partial charge in [0.25, 0.3) is 0 Å². The summed E-state index contributed by atoms with van der Waals surface area (Å²) in [5, 5.41) is 0. The molecule has 12 heavy (non-hydrogen) atoms. The Morgan fingerprint density at radius 1 is 1.17 bits per heavy atom. The van der Waals surface area contributed by atoms with Gasteiger partial charge in [-0.25, -0.2) is 7.94 Å². The van der Waals surface area contributed by atoms with Crippen LogP contribution in [-0.2, 0) is 12.5 Å². The molecule has 0 aromatic rings. The van der Waals surface area contributed by atoms with Gasteiger partial charge in [-0.2, -0.15) is 0 Å². The van der Waals surface area contributed by atoms with Crippen LogP contribution in [0, 0.1) is 0 Å². The zero-order valence-corrected chi connectivity index (χ0v) is 9.16. The van der Waals surface area contributed by atoms with Gasteiger partial charge in [-0.05, 0) is 0 Å². The lowest BCUT2D eigenvalue weighted by molar-refractivity contribution is 0.463. The summed E-state index contributed by atoms with van der Waals surface area (Å²) >= 11 is 2.14. The van der Waals surface area contributed by atoms with E-state index >= 15 is 0 Å². The molecule has 6 heteroatoms. The van der Waals surface area contributed by atoms with Gasteiger partial charge in [-0.1, -0.05) is 12.2 Å². The zero-order valence-electron chi connectivity index (χ0n) is 6.52. The Morgan fingerprint density at radius 2 is 1.58 bits per heavy atom. The summed E-state index contributed by atoms with van der Waals surface area (Å²) in [6.07, 6.45) is 3.33. The number of rotatable bonds is 8. The molecule has 0 spiro atoms. The maximum Gasteiger partial charge on any atom is 0.341 e. The molecule has 0 aliphatic heterocycles. The van der Waals surface area contributed by atoms with Crippen LogP contribution in [0.3, 0.4) is 0 Å². The molecule has 0 amide bonds. The molecule has 0 saturated heterocycles. The van der Waals surface area contributed by atoms with Crippen LogP contribution in [0.15, 0.2) is 25.3 Å². The van der Waals surface area contributed by atoms with Crippen molar-refractivity contribution in [3.05, 3.63) is 25.3 Å². The van der Waals surface area contributed by atoms with E-state index in [4.69, 9.17) is 7.94 Å². The van der Waals surface area contributed by atoms with Crippen molar-refractivity contribution >= 4 is 32.3 Å². The standard InChI is InChI=1S/C6H11O3PS2/c1-3-5-11-8-10(7)9-12-6-4-2/h3-4,10H,1-2,5-6H2. The van der Waals surface area contributed by atoms with Gasteiger partial charge in [0.1, 0.15) is 0 Å². The highest BCUT2D eigenvalue weighted by atomic mass is 32.2. The molecule has 0 aromatic carbocycles. The fourth-order valence-corrected chi connectivity index (χ4v) is 2.14. The van der Waals surface area contributed by atoms with E-state index in [2.05, 4.69) is 13.2 Å². The van der Waals surface area contributed by atoms with Crippen LogP contribution < -0.4 is 0 Å². The molecule has 0 fully saturated rings. The van der Waals surface area contributed by atoms with Gasteiger partial charge in [0, 0.05) is 35.6 Å². The lowest BCUT2D eigenvalue weighted by atomic mass is 10.8. The van der Waals surface area contributed by atoms with Crippen molar-refractivity contribution < 1.29 is 12.5 Å². The lowest BCUT2D eigenvalue weighted by Crippen LogP contribution is -1.73.